The molecule has 1 atom stereocenters. The van der Waals surface area contributed by atoms with E-state index in [0.717, 1.165) is 30.0 Å². The monoisotopic (exact) mass is 277 g/mol. The molecule has 106 valence electrons. The molecular formula is C12H23NO4S. The lowest BCUT2D eigenvalue weighted by atomic mass is 9.91. The maximum Gasteiger partial charge on any atom is 0.321 e. The maximum absolute atomic E-state index is 12.2. The quantitative estimate of drug-likeness (QED) is 0.801. The molecule has 0 aromatic carbocycles. The predicted molar refractivity (Wildman–Crippen MR) is 69.8 cm³/mol. The second kappa shape index (κ2) is 6.52. The van der Waals surface area contributed by atoms with E-state index in [4.69, 9.17) is 5.11 Å². The van der Waals surface area contributed by atoms with E-state index in [1.165, 1.54) is 13.5 Å². The van der Waals surface area contributed by atoms with Gasteiger partial charge in [0.1, 0.15) is 6.04 Å². The molecule has 1 aliphatic rings. The van der Waals surface area contributed by atoms with Gasteiger partial charge in [0.05, 0.1) is 5.75 Å². The van der Waals surface area contributed by atoms with Gasteiger partial charge in [0.25, 0.3) is 0 Å². The molecule has 1 rings (SSSR count). The second-order valence-corrected chi connectivity index (χ2v) is 7.13. The third-order valence-corrected chi connectivity index (χ3v) is 5.75. The van der Waals surface area contributed by atoms with E-state index in [1.54, 1.807) is 6.92 Å². The molecule has 0 amide bonds. The molecule has 1 unspecified atom stereocenters. The number of carboxylic acids is 1. The second-order valence-electron chi connectivity index (χ2n) is 5.06. The van der Waals surface area contributed by atoms with Crippen LogP contribution < -0.4 is 0 Å². The highest BCUT2D eigenvalue weighted by atomic mass is 32.2. The van der Waals surface area contributed by atoms with Crippen molar-refractivity contribution >= 4 is 16.0 Å². The van der Waals surface area contributed by atoms with Crippen molar-refractivity contribution in [3.63, 3.8) is 0 Å². The summed E-state index contributed by atoms with van der Waals surface area (Å²) < 4.78 is 25.4. The van der Waals surface area contributed by atoms with Crippen LogP contribution in [0.15, 0.2) is 0 Å². The third-order valence-electron chi connectivity index (χ3n) is 3.72. The van der Waals surface area contributed by atoms with Gasteiger partial charge in [0.2, 0.25) is 10.0 Å². The minimum Gasteiger partial charge on any atom is -0.480 e. The standard InChI is InChI=1S/C12H23NO4S/c1-3-11(12(14)15)13(2)18(16,17)9-10-7-5-4-6-8-10/h10-11H,3-9H2,1-2H3,(H,14,15). The first-order valence-electron chi connectivity index (χ1n) is 6.57. The zero-order valence-electron chi connectivity index (χ0n) is 11.1. The van der Waals surface area contributed by atoms with E-state index in [0.29, 0.717) is 0 Å². The van der Waals surface area contributed by atoms with Crippen molar-refractivity contribution in [2.45, 2.75) is 51.5 Å². The molecule has 1 saturated carbocycles. The maximum atomic E-state index is 12.2. The third kappa shape index (κ3) is 3.95. The molecule has 1 aliphatic carbocycles. The van der Waals surface area contributed by atoms with E-state index in [-0.39, 0.29) is 18.1 Å². The highest BCUT2D eigenvalue weighted by molar-refractivity contribution is 7.89. The van der Waals surface area contributed by atoms with Gasteiger partial charge in [-0.3, -0.25) is 4.79 Å². The van der Waals surface area contributed by atoms with E-state index in [9.17, 15) is 13.2 Å². The fourth-order valence-corrected chi connectivity index (χ4v) is 4.34. The van der Waals surface area contributed by atoms with Crippen LogP contribution in [0, 0.1) is 5.92 Å². The van der Waals surface area contributed by atoms with Gasteiger partial charge in [-0.15, -0.1) is 0 Å². The Morgan fingerprint density at radius 1 is 1.33 bits per heavy atom. The summed E-state index contributed by atoms with van der Waals surface area (Å²) in [7, 11) is -2.09. The Morgan fingerprint density at radius 2 is 1.89 bits per heavy atom. The average molecular weight is 277 g/mol. The van der Waals surface area contributed by atoms with Gasteiger partial charge in [0, 0.05) is 7.05 Å². The summed E-state index contributed by atoms with van der Waals surface area (Å²) in [5.41, 5.74) is 0. The number of hydrogen-bond acceptors (Lipinski definition) is 3. The van der Waals surface area contributed by atoms with Crippen LogP contribution in [0.5, 0.6) is 0 Å². The molecule has 5 nitrogen and oxygen atoms in total. The molecule has 0 saturated heterocycles. The lowest BCUT2D eigenvalue weighted by Gasteiger charge is -2.27. The number of carboxylic acid groups (broad SMARTS) is 1. The number of likely N-dealkylation sites (N-methyl/N-ethyl adjacent to an activating group) is 1. The summed E-state index contributed by atoms with van der Waals surface area (Å²) in [6.07, 6.45) is 5.52. The fraction of sp³-hybridized carbons (Fsp3) is 0.917. The van der Waals surface area contributed by atoms with Crippen molar-refractivity contribution in [1.82, 2.24) is 4.31 Å². The van der Waals surface area contributed by atoms with Gasteiger partial charge < -0.3 is 5.11 Å². The van der Waals surface area contributed by atoms with Crippen molar-refractivity contribution in [2.75, 3.05) is 12.8 Å². The topological polar surface area (TPSA) is 74.7 Å². The Kier molecular flexibility index (Phi) is 5.59. The Bertz CT molecular complexity index is 374. The van der Waals surface area contributed by atoms with Crippen molar-refractivity contribution in [3.8, 4) is 0 Å². The van der Waals surface area contributed by atoms with Crippen LogP contribution in [0.25, 0.3) is 0 Å². The zero-order valence-corrected chi connectivity index (χ0v) is 11.9. The lowest BCUT2D eigenvalue weighted by Crippen LogP contribution is -2.44. The van der Waals surface area contributed by atoms with Gasteiger partial charge in [-0.05, 0) is 25.2 Å². The van der Waals surface area contributed by atoms with Gasteiger partial charge in [-0.25, -0.2) is 8.42 Å². The molecule has 0 aromatic rings. The van der Waals surface area contributed by atoms with E-state index >= 15 is 0 Å². The summed E-state index contributed by atoms with van der Waals surface area (Å²) in [6, 6.07) is -0.946. The summed E-state index contributed by atoms with van der Waals surface area (Å²) in [5, 5.41) is 9.01. The molecule has 0 heterocycles. The molecule has 18 heavy (non-hydrogen) atoms. The SMILES string of the molecule is CCC(C(=O)O)N(C)S(=O)(=O)CC1CCCCC1. The molecule has 1 N–H and O–H groups in total. The minimum absolute atomic E-state index is 0.0906. The molecule has 6 heteroatoms. The molecule has 0 spiro atoms. The fourth-order valence-electron chi connectivity index (χ4n) is 2.55. The van der Waals surface area contributed by atoms with E-state index in [1.807, 2.05) is 0 Å². The van der Waals surface area contributed by atoms with Gasteiger partial charge in [-0.2, -0.15) is 4.31 Å². The first kappa shape index (κ1) is 15.4. The highest BCUT2D eigenvalue weighted by Gasteiger charge is 2.32. The normalized spacial score (nSPS) is 19.9. The summed E-state index contributed by atoms with van der Waals surface area (Å²) >= 11 is 0. The molecular weight excluding hydrogens is 254 g/mol. The first-order chi connectivity index (χ1) is 8.38. The van der Waals surface area contributed by atoms with Gasteiger partial charge in [0.15, 0.2) is 0 Å². The van der Waals surface area contributed by atoms with Crippen LogP contribution in [0.4, 0.5) is 0 Å². The van der Waals surface area contributed by atoms with Crippen molar-refractivity contribution < 1.29 is 18.3 Å². The molecule has 1 fully saturated rings. The van der Waals surface area contributed by atoms with Gasteiger partial charge >= 0.3 is 5.97 Å². The molecule has 0 radical (unpaired) electrons. The Balaban J connectivity index is 2.69. The van der Waals surface area contributed by atoms with Crippen LogP contribution in [-0.2, 0) is 14.8 Å². The van der Waals surface area contributed by atoms with Crippen LogP contribution in [-0.4, -0.2) is 42.6 Å². The molecule has 0 aliphatic heterocycles. The van der Waals surface area contributed by atoms with Crippen LogP contribution in [0.3, 0.4) is 0 Å². The lowest BCUT2D eigenvalue weighted by molar-refractivity contribution is -0.141. The smallest absolute Gasteiger partial charge is 0.321 e. The van der Waals surface area contributed by atoms with Crippen LogP contribution in [0.1, 0.15) is 45.4 Å². The summed E-state index contributed by atoms with van der Waals surface area (Å²) in [4.78, 5) is 11.0. The van der Waals surface area contributed by atoms with E-state index in [2.05, 4.69) is 0 Å². The van der Waals surface area contributed by atoms with Crippen molar-refractivity contribution in [2.24, 2.45) is 5.92 Å². The minimum atomic E-state index is -3.46. The summed E-state index contributed by atoms with van der Waals surface area (Å²) in [5.74, 6) is -0.794. The highest BCUT2D eigenvalue weighted by Crippen LogP contribution is 2.26. The van der Waals surface area contributed by atoms with Gasteiger partial charge in [-0.1, -0.05) is 26.2 Å². The first-order valence-corrected chi connectivity index (χ1v) is 8.18. The van der Waals surface area contributed by atoms with Crippen LogP contribution in [0.2, 0.25) is 0 Å². The summed E-state index contributed by atoms with van der Waals surface area (Å²) in [6.45, 7) is 1.69. The number of carbonyl (C=O) groups is 1. The Morgan fingerprint density at radius 3 is 2.33 bits per heavy atom. The Labute approximate surface area is 109 Å². The van der Waals surface area contributed by atoms with Crippen LogP contribution >= 0.6 is 0 Å². The predicted octanol–water partition coefficient (Wildman–Crippen LogP) is 1.69. The van der Waals surface area contributed by atoms with E-state index < -0.39 is 22.0 Å². The average Bonchev–Trinajstić information content (AvgIpc) is 2.30. The van der Waals surface area contributed by atoms with Crippen molar-refractivity contribution in [3.05, 3.63) is 0 Å². The largest absolute Gasteiger partial charge is 0.480 e. The molecule has 0 bridgehead atoms. The number of hydrogen-bond donors (Lipinski definition) is 1. The zero-order chi connectivity index (χ0) is 13.8. The number of nitrogens with zero attached hydrogens (tertiary/aromatic N) is 1. The van der Waals surface area contributed by atoms with Crippen molar-refractivity contribution in [1.29, 1.82) is 0 Å². The number of aliphatic carboxylic acids is 1. The number of sulfonamides is 1. The Hall–Kier alpha value is -0.620. The molecule has 0 aromatic heterocycles. The number of rotatable bonds is 6.